The average molecular weight is 190 g/mol. The van der Waals surface area contributed by atoms with E-state index in [9.17, 15) is 0 Å². The van der Waals surface area contributed by atoms with Crippen LogP contribution in [0.2, 0.25) is 0 Å². The standard InChI is InChI=1S/C12H18N2/c1-9-5-4-8-11(12(9)13)14-10-6-2-3-7-10/h4-5,8,10,14H,2-3,6-7,13H2,1H3. The molecule has 1 aromatic carbocycles. The number of benzene rings is 1. The summed E-state index contributed by atoms with van der Waals surface area (Å²) in [7, 11) is 0. The van der Waals surface area contributed by atoms with Crippen LogP contribution >= 0.6 is 0 Å². The van der Waals surface area contributed by atoms with Crippen molar-refractivity contribution in [1.82, 2.24) is 0 Å². The molecular weight excluding hydrogens is 172 g/mol. The highest BCUT2D eigenvalue weighted by molar-refractivity contribution is 5.69. The molecule has 1 aliphatic carbocycles. The molecule has 3 N–H and O–H groups in total. The van der Waals surface area contributed by atoms with Crippen LogP contribution in [-0.2, 0) is 0 Å². The molecule has 1 aromatic rings. The van der Waals surface area contributed by atoms with Gasteiger partial charge in [0, 0.05) is 6.04 Å². The summed E-state index contributed by atoms with van der Waals surface area (Å²) in [5.41, 5.74) is 9.17. The molecular formula is C12H18N2. The maximum Gasteiger partial charge on any atom is 0.0579 e. The third-order valence-electron chi connectivity index (χ3n) is 3.04. The van der Waals surface area contributed by atoms with E-state index in [1.807, 2.05) is 0 Å². The Bertz CT molecular complexity index is 314. The number of nitrogens with one attached hydrogen (secondary N) is 1. The summed E-state index contributed by atoms with van der Waals surface area (Å²) in [6, 6.07) is 6.82. The second-order valence-corrected chi connectivity index (χ2v) is 4.16. The van der Waals surface area contributed by atoms with Gasteiger partial charge in [0.1, 0.15) is 0 Å². The Labute approximate surface area is 85.5 Å². The number of nitrogens with two attached hydrogens (primary N) is 1. The second kappa shape index (κ2) is 3.91. The maximum atomic E-state index is 6.00. The van der Waals surface area contributed by atoms with Crippen molar-refractivity contribution in [1.29, 1.82) is 0 Å². The van der Waals surface area contributed by atoms with Gasteiger partial charge < -0.3 is 11.1 Å². The van der Waals surface area contributed by atoms with E-state index in [0.29, 0.717) is 6.04 Å². The Morgan fingerprint density at radius 3 is 2.71 bits per heavy atom. The zero-order valence-electron chi connectivity index (χ0n) is 8.72. The largest absolute Gasteiger partial charge is 0.397 e. The van der Waals surface area contributed by atoms with Crippen molar-refractivity contribution in [2.75, 3.05) is 11.1 Å². The summed E-state index contributed by atoms with van der Waals surface area (Å²) in [5.74, 6) is 0. The predicted octanol–water partition coefficient (Wildman–Crippen LogP) is 2.93. The number of aryl methyl sites for hydroxylation is 1. The number of nitrogen functional groups attached to an aromatic ring is 1. The van der Waals surface area contributed by atoms with Gasteiger partial charge in [-0.2, -0.15) is 0 Å². The molecule has 0 aliphatic heterocycles. The Kier molecular flexibility index (Phi) is 2.62. The SMILES string of the molecule is Cc1cccc(NC2CCCC2)c1N. The summed E-state index contributed by atoms with van der Waals surface area (Å²) < 4.78 is 0. The van der Waals surface area contributed by atoms with Crippen molar-refractivity contribution < 1.29 is 0 Å². The van der Waals surface area contributed by atoms with Crippen LogP contribution in [0.25, 0.3) is 0 Å². The highest BCUT2D eigenvalue weighted by atomic mass is 14.9. The predicted molar refractivity (Wildman–Crippen MR) is 61.5 cm³/mol. The van der Waals surface area contributed by atoms with Gasteiger partial charge in [0.2, 0.25) is 0 Å². The quantitative estimate of drug-likeness (QED) is 0.704. The molecule has 2 rings (SSSR count). The molecule has 0 bridgehead atoms. The normalized spacial score (nSPS) is 17.2. The average Bonchev–Trinajstić information content (AvgIpc) is 2.66. The molecule has 0 aromatic heterocycles. The minimum atomic E-state index is 0.638. The summed E-state index contributed by atoms with van der Waals surface area (Å²) >= 11 is 0. The van der Waals surface area contributed by atoms with Crippen molar-refractivity contribution in [2.45, 2.75) is 38.6 Å². The van der Waals surface area contributed by atoms with Crippen LogP contribution in [0.3, 0.4) is 0 Å². The van der Waals surface area contributed by atoms with Crippen LogP contribution in [0.1, 0.15) is 31.2 Å². The van der Waals surface area contributed by atoms with E-state index in [1.54, 1.807) is 0 Å². The van der Waals surface area contributed by atoms with Gasteiger partial charge in [0.15, 0.2) is 0 Å². The molecule has 1 saturated carbocycles. The number of hydrogen-bond donors (Lipinski definition) is 2. The topological polar surface area (TPSA) is 38.0 Å². The molecule has 1 fully saturated rings. The lowest BCUT2D eigenvalue weighted by molar-refractivity contribution is 0.756. The lowest BCUT2D eigenvalue weighted by Gasteiger charge is -2.16. The fourth-order valence-electron chi connectivity index (χ4n) is 2.10. The zero-order valence-corrected chi connectivity index (χ0v) is 8.72. The molecule has 0 radical (unpaired) electrons. The highest BCUT2D eigenvalue weighted by Gasteiger charge is 2.15. The van der Waals surface area contributed by atoms with Gasteiger partial charge in [0.05, 0.1) is 11.4 Å². The molecule has 2 nitrogen and oxygen atoms in total. The van der Waals surface area contributed by atoms with E-state index >= 15 is 0 Å². The van der Waals surface area contributed by atoms with Gasteiger partial charge in [-0.1, -0.05) is 25.0 Å². The van der Waals surface area contributed by atoms with Crippen LogP contribution in [-0.4, -0.2) is 6.04 Å². The van der Waals surface area contributed by atoms with Crippen molar-refractivity contribution in [3.63, 3.8) is 0 Å². The third-order valence-corrected chi connectivity index (χ3v) is 3.04. The number of rotatable bonds is 2. The van der Waals surface area contributed by atoms with E-state index in [2.05, 4.69) is 30.4 Å². The summed E-state index contributed by atoms with van der Waals surface area (Å²) in [6.07, 6.45) is 5.27. The van der Waals surface area contributed by atoms with E-state index in [1.165, 1.54) is 25.7 Å². The Morgan fingerprint density at radius 2 is 2.00 bits per heavy atom. The van der Waals surface area contributed by atoms with Crippen LogP contribution in [0.15, 0.2) is 18.2 Å². The van der Waals surface area contributed by atoms with Gasteiger partial charge in [-0.25, -0.2) is 0 Å². The smallest absolute Gasteiger partial charge is 0.0579 e. The van der Waals surface area contributed by atoms with E-state index in [0.717, 1.165) is 16.9 Å². The fraction of sp³-hybridized carbons (Fsp3) is 0.500. The molecule has 0 spiro atoms. The van der Waals surface area contributed by atoms with Gasteiger partial charge >= 0.3 is 0 Å². The van der Waals surface area contributed by atoms with Crippen LogP contribution in [0, 0.1) is 6.92 Å². The van der Waals surface area contributed by atoms with Crippen molar-refractivity contribution >= 4 is 11.4 Å². The highest BCUT2D eigenvalue weighted by Crippen LogP contribution is 2.27. The van der Waals surface area contributed by atoms with Crippen LogP contribution in [0.4, 0.5) is 11.4 Å². The lowest BCUT2D eigenvalue weighted by atomic mass is 10.1. The molecule has 0 amide bonds. The molecule has 2 heteroatoms. The molecule has 0 atom stereocenters. The zero-order chi connectivity index (χ0) is 9.97. The lowest BCUT2D eigenvalue weighted by Crippen LogP contribution is -2.15. The van der Waals surface area contributed by atoms with E-state index < -0.39 is 0 Å². The Morgan fingerprint density at radius 1 is 1.29 bits per heavy atom. The van der Waals surface area contributed by atoms with E-state index in [4.69, 9.17) is 5.73 Å². The van der Waals surface area contributed by atoms with Gasteiger partial charge in [0.25, 0.3) is 0 Å². The van der Waals surface area contributed by atoms with Crippen molar-refractivity contribution in [3.05, 3.63) is 23.8 Å². The van der Waals surface area contributed by atoms with Crippen LogP contribution in [0.5, 0.6) is 0 Å². The molecule has 0 saturated heterocycles. The molecule has 0 unspecified atom stereocenters. The molecule has 76 valence electrons. The van der Waals surface area contributed by atoms with Crippen LogP contribution < -0.4 is 11.1 Å². The first-order chi connectivity index (χ1) is 6.77. The first-order valence-electron chi connectivity index (χ1n) is 5.39. The first-order valence-corrected chi connectivity index (χ1v) is 5.39. The van der Waals surface area contributed by atoms with E-state index in [-0.39, 0.29) is 0 Å². The summed E-state index contributed by atoms with van der Waals surface area (Å²) in [5, 5.41) is 3.52. The van der Waals surface area contributed by atoms with Gasteiger partial charge in [-0.3, -0.25) is 0 Å². The summed E-state index contributed by atoms with van der Waals surface area (Å²) in [4.78, 5) is 0. The van der Waals surface area contributed by atoms with Crippen molar-refractivity contribution in [2.24, 2.45) is 0 Å². The molecule has 0 heterocycles. The second-order valence-electron chi connectivity index (χ2n) is 4.16. The maximum absolute atomic E-state index is 6.00. The minimum absolute atomic E-state index is 0.638. The third kappa shape index (κ3) is 1.84. The minimum Gasteiger partial charge on any atom is -0.397 e. The summed E-state index contributed by atoms with van der Waals surface area (Å²) in [6.45, 7) is 2.05. The number of hydrogen-bond acceptors (Lipinski definition) is 2. The number of anilines is 2. The monoisotopic (exact) mass is 190 g/mol. The van der Waals surface area contributed by atoms with Gasteiger partial charge in [-0.15, -0.1) is 0 Å². The molecule has 14 heavy (non-hydrogen) atoms. The number of para-hydroxylation sites is 1. The first kappa shape index (κ1) is 9.38. The fourth-order valence-corrected chi connectivity index (χ4v) is 2.10. The Hall–Kier alpha value is -1.18. The molecule has 1 aliphatic rings. The van der Waals surface area contributed by atoms with Crippen molar-refractivity contribution in [3.8, 4) is 0 Å². The van der Waals surface area contributed by atoms with Gasteiger partial charge in [-0.05, 0) is 31.4 Å². The Balaban J connectivity index is 2.11.